The second-order valence-corrected chi connectivity index (χ2v) is 2.84. The number of nitrogens with zero attached hydrogens (tertiary/aromatic N) is 1. The Kier molecular flexibility index (Phi) is 2.26. The predicted octanol–water partition coefficient (Wildman–Crippen LogP) is -2.94. The van der Waals surface area contributed by atoms with Crippen molar-refractivity contribution in [3.8, 4) is 0 Å². The molecule has 0 aromatic rings. The van der Waals surface area contributed by atoms with Gasteiger partial charge in [-0.25, -0.2) is 4.99 Å². The van der Waals surface area contributed by atoms with Crippen LogP contribution in [0.5, 0.6) is 0 Å². The minimum Gasteiger partial charge on any atom is -0.507 e. The number of aliphatic hydroxyl groups is 2. The zero-order valence-corrected chi connectivity index (χ0v) is 6.94. The van der Waals surface area contributed by atoms with Crippen LogP contribution in [0.2, 0.25) is 0 Å². The second-order valence-electron chi connectivity index (χ2n) is 2.84. The van der Waals surface area contributed by atoms with Crippen LogP contribution in [-0.2, 0) is 0 Å². The highest BCUT2D eigenvalue weighted by Crippen LogP contribution is 2.18. The Morgan fingerprint density at radius 2 is 2.08 bits per heavy atom. The molecule has 0 saturated carbocycles. The van der Waals surface area contributed by atoms with Crippen LogP contribution in [-0.4, -0.2) is 34.2 Å². The van der Waals surface area contributed by atoms with Crippen LogP contribution in [0.3, 0.4) is 0 Å². The van der Waals surface area contributed by atoms with E-state index in [2.05, 4.69) is 4.99 Å². The maximum absolute atomic E-state index is 9.58. The lowest BCUT2D eigenvalue weighted by atomic mass is 9.95. The largest absolute Gasteiger partial charge is 0.507 e. The Hall–Kier alpha value is -1.15. The SMILES string of the molecule is NCC1=NC(N)=C(O)C(N)C1(N)O. The van der Waals surface area contributed by atoms with Crippen molar-refractivity contribution in [3.63, 3.8) is 0 Å². The molecule has 0 amide bonds. The van der Waals surface area contributed by atoms with E-state index in [-0.39, 0.29) is 18.1 Å². The summed E-state index contributed by atoms with van der Waals surface area (Å²) in [6, 6.07) is -1.19. The van der Waals surface area contributed by atoms with Crippen LogP contribution in [0.4, 0.5) is 0 Å². The predicted molar refractivity (Wildman–Crippen MR) is 47.4 cm³/mol. The van der Waals surface area contributed by atoms with Gasteiger partial charge in [-0.2, -0.15) is 0 Å². The van der Waals surface area contributed by atoms with Crippen molar-refractivity contribution in [1.82, 2.24) is 0 Å². The van der Waals surface area contributed by atoms with E-state index in [0.717, 1.165) is 0 Å². The fourth-order valence-corrected chi connectivity index (χ4v) is 1.05. The van der Waals surface area contributed by atoms with E-state index >= 15 is 0 Å². The van der Waals surface area contributed by atoms with Crippen molar-refractivity contribution in [2.24, 2.45) is 27.9 Å². The monoisotopic (exact) mass is 187 g/mol. The summed E-state index contributed by atoms with van der Waals surface area (Å²) < 4.78 is 0. The first kappa shape index (κ1) is 9.93. The summed E-state index contributed by atoms with van der Waals surface area (Å²) in [5.74, 6) is -0.592. The van der Waals surface area contributed by atoms with Crippen molar-refractivity contribution >= 4 is 5.71 Å². The van der Waals surface area contributed by atoms with Crippen LogP contribution in [0.25, 0.3) is 0 Å². The molecule has 2 atom stereocenters. The van der Waals surface area contributed by atoms with Gasteiger partial charge in [0.25, 0.3) is 0 Å². The molecule has 1 aliphatic heterocycles. The van der Waals surface area contributed by atoms with Gasteiger partial charge in [0.15, 0.2) is 17.3 Å². The Morgan fingerprint density at radius 3 is 2.54 bits per heavy atom. The quantitative estimate of drug-likeness (QED) is 0.241. The third-order valence-electron chi connectivity index (χ3n) is 1.94. The highest BCUT2D eigenvalue weighted by molar-refractivity contribution is 5.96. The summed E-state index contributed by atoms with van der Waals surface area (Å²) in [7, 11) is 0. The molecule has 74 valence electrons. The van der Waals surface area contributed by atoms with E-state index in [1.165, 1.54) is 0 Å². The number of aliphatic imine (C=N–C) groups is 1. The van der Waals surface area contributed by atoms with Gasteiger partial charge in [0.05, 0.1) is 5.71 Å². The molecule has 0 spiro atoms. The van der Waals surface area contributed by atoms with Gasteiger partial charge in [-0.3, -0.25) is 5.73 Å². The fourth-order valence-electron chi connectivity index (χ4n) is 1.05. The summed E-state index contributed by atoms with van der Waals surface area (Å²) in [5, 5.41) is 18.8. The normalized spacial score (nSPS) is 34.8. The molecule has 0 saturated heterocycles. The van der Waals surface area contributed by atoms with Crippen LogP contribution in [0.1, 0.15) is 0 Å². The average Bonchev–Trinajstić information content (AvgIpc) is 2.08. The van der Waals surface area contributed by atoms with E-state index in [4.69, 9.17) is 22.9 Å². The average molecular weight is 187 g/mol. The molecule has 0 fully saturated rings. The van der Waals surface area contributed by atoms with Crippen LogP contribution >= 0.6 is 0 Å². The molecule has 1 rings (SSSR count). The molecule has 2 unspecified atom stereocenters. The summed E-state index contributed by atoms with van der Waals surface area (Å²) in [6.45, 7) is -0.0747. The Bertz CT molecular complexity index is 283. The van der Waals surface area contributed by atoms with Crippen molar-refractivity contribution in [2.45, 2.75) is 11.8 Å². The van der Waals surface area contributed by atoms with E-state index < -0.39 is 17.5 Å². The topological polar surface area (TPSA) is 157 Å². The van der Waals surface area contributed by atoms with Gasteiger partial charge >= 0.3 is 0 Å². The minimum atomic E-state index is -1.93. The number of nitrogens with two attached hydrogens (primary N) is 4. The van der Waals surface area contributed by atoms with Crippen LogP contribution in [0, 0.1) is 0 Å². The number of aliphatic hydroxyl groups excluding tert-OH is 1. The van der Waals surface area contributed by atoms with Gasteiger partial charge in [-0.05, 0) is 0 Å². The summed E-state index contributed by atoms with van der Waals surface area (Å²) >= 11 is 0. The van der Waals surface area contributed by atoms with Gasteiger partial charge in [-0.1, -0.05) is 0 Å². The molecular weight excluding hydrogens is 174 g/mol. The smallest absolute Gasteiger partial charge is 0.177 e. The lowest BCUT2D eigenvalue weighted by Gasteiger charge is -2.33. The third kappa shape index (κ3) is 1.38. The van der Waals surface area contributed by atoms with Gasteiger partial charge < -0.3 is 27.4 Å². The Morgan fingerprint density at radius 1 is 1.54 bits per heavy atom. The fraction of sp³-hybridized carbons (Fsp3) is 0.500. The van der Waals surface area contributed by atoms with E-state index in [0.29, 0.717) is 0 Å². The molecule has 0 aromatic heterocycles. The van der Waals surface area contributed by atoms with Crippen molar-refractivity contribution < 1.29 is 10.2 Å². The zero-order chi connectivity index (χ0) is 10.2. The summed E-state index contributed by atoms with van der Waals surface area (Å²) in [6.07, 6.45) is 0. The van der Waals surface area contributed by atoms with Crippen molar-refractivity contribution in [3.05, 3.63) is 11.6 Å². The van der Waals surface area contributed by atoms with Gasteiger partial charge in [-0.15, -0.1) is 0 Å². The van der Waals surface area contributed by atoms with Crippen LogP contribution in [0.15, 0.2) is 16.6 Å². The van der Waals surface area contributed by atoms with E-state index in [1.807, 2.05) is 0 Å². The first-order valence-electron chi connectivity index (χ1n) is 3.64. The van der Waals surface area contributed by atoms with E-state index in [9.17, 15) is 10.2 Å². The molecule has 13 heavy (non-hydrogen) atoms. The van der Waals surface area contributed by atoms with Crippen molar-refractivity contribution in [1.29, 1.82) is 0 Å². The highest BCUT2D eigenvalue weighted by Gasteiger charge is 2.41. The second kappa shape index (κ2) is 2.96. The first-order chi connectivity index (χ1) is 5.91. The molecular formula is C6H13N5O2. The molecule has 7 heteroatoms. The van der Waals surface area contributed by atoms with E-state index in [1.54, 1.807) is 0 Å². The molecule has 0 aromatic carbocycles. The molecule has 0 aliphatic carbocycles. The molecule has 1 aliphatic rings. The Balaban J connectivity index is 3.16. The number of hydrogen-bond donors (Lipinski definition) is 6. The highest BCUT2D eigenvalue weighted by atomic mass is 16.3. The standard InChI is InChI=1S/C6H13N5O2/c7-1-2-6(10,13)4(8)3(12)5(9)11-2/h4,12-13H,1,7-10H2. The molecule has 0 bridgehead atoms. The first-order valence-corrected chi connectivity index (χ1v) is 3.64. The van der Waals surface area contributed by atoms with Gasteiger partial charge in [0.2, 0.25) is 0 Å². The summed E-state index contributed by atoms with van der Waals surface area (Å²) in [4.78, 5) is 3.63. The van der Waals surface area contributed by atoms with Crippen LogP contribution < -0.4 is 22.9 Å². The molecule has 10 N–H and O–H groups in total. The maximum atomic E-state index is 9.58. The Labute approximate surface area is 74.7 Å². The lowest BCUT2D eigenvalue weighted by Crippen LogP contribution is -2.65. The van der Waals surface area contributed by atoms with Gasteiger partial charge in [0, 0.05) is 6.54 Å². The van der Waals surface area contributed by atoms with Crippen molar-refractivity contribution in [2.75, 3.05) is 6.54 Å². The number of hydrogen-bond acceptors (Lipinski definition) is 7. The number of rotatable bonds is 1. The molecule has 0 radical (unpaired) electrons. The zero-order valence-electron chi connectivity index (χ0n) is 6.94. The maximum Gasteiger partial charge on any atom is 0.177 e. The minimum absolute atomic E-state index is 0.0512. The summed E-state index contributed by atoms with van der Waals surface area (Å²) in [5.41, 5.74) is 19.5. The third-order valence-corrected chi connectivity index (χ3v) is 1.94. The van der Waals surface area contributed by atoms with Gasteiger partial charge in [0.1, 0.15) is 6.04 Å². The molecule has 1 heterocycles. The molecule has 7 nitrogen and oxygen atoms in total. The lowest BCUT2D eigenvalue weighted by molar-refractivity contribution is 0.0806.